The second kappa shape index (κ2) is 4.12. The summed E-state index contributed by atoms with van der Waals surface area (Å²) in [5.74, 6) is 0. The van der Waals surface area contributed by atoms with Crippen LogP contribution in [0.15, 0.2) is 41.2 Å². The predicted octanol–water partition coefficient (Wildman–Crippen LogP) is 2.41. The molecule has 0 spiro atoms. The summed E-state index contributed by atoms with van der Waals surface area (Å²) in [6.07, 6.45) is -4.41. The van der Waals surface area contributed by atoms with Crippen LogP contribution in [-0.4, -0.2) is 16.0 Å². The molecule has 0 aliphatic carbocycles. The average molecular weight is 242 g/mol. The van der Waals surface area contributed by atoms with Gasteiger partial charge in [-0.1, -0.05) is 30.3 Å². The summed E-state index contributed by atoms with van der Waals surface area (Å²) < 4.78 is 37.0. The Balaban J connectivity index is 2.35. The number of benzene rings is 1. The van der Waals surface area contributed by atoms with Gasteiger partial charge in [-0.15, -0.1) is 0 Å². The van der Waals surface area contributed by atoms with Crippen LogP contribution >= 0.6 is 0 Å². The van der Waals surface area contributed by atoms with Gasteiger partial charge in [0, 0.05) is 6.07 Å². The molecule has 2 rings (SSSR count). The summed E-state index contributed by atoms with van der Waals surface area (Å²) >= 11 is 0. The van der Waals surface area contributed by atoms with Gasteiger partial charge in [-0.25, -0.2) is 4.68 Å². The molecular weight excluding hydrogens is 233 g/mol. The first-order valence-electron chi connectivity index (χ1n) is 4.88. The van der Waals surface area contributed by atoms with Crippen LogP contribution in [0.4, 0.5) is 13.2 Å². The highest BCUT2D eigenvalue weighted by Crippen LogP contribution is 2.18. The highest BCUT2D eigenvalue weighted by atomic mass is 19.4. The first-order chi connectivity index (χ1) is 7.96. The van der Waals surface area contributed by atoms with E-state index in [4.69, 9.17) is 0 Å². The summed E-state index contributed by atoms with van der Waals surface area (Å²) in [7, 11) is 0. The van der Waals surface area contributed by atoms with Crippen molar-refractivity contribution in [1.82, 2.24) is 9.78 Å². The molecule has 1 N–H and O–H groups in total. The molecule has 2 aromatic rings. The quantitative estimate of drug-likeness (QED) is 0.862. The Morgan fingerprint density at radius 2 is 1.82 bits per heavy atom. The van der Waals surface area contributed by atoms with E-state index in [0.717, 1.165) is 6.07 Å². The number of nitrogens with zero attached hydrogens (tertiary/aromatic N) is 1. The minimum Gasteiger partial charge on any atom is -0.295 e. The molecule has 0 amide bonds. The highest BCUT2D eigenvalue weighted by molar-refractivity contribution is 5.57. The lowest BCUT2D eigenvalue weighted by Gasteiger charge is -2.06. The Morgan fingerprint density at radius 1 is 1.18 bits per heavy atom. The zero-order valence-electron chi connectivity index (χ0n) is 8.66. The van der Waals surface area contributed by atoms with Gasteiger partial charge in [0.2, 0.25) is 0 Å². The van der Waals surface area contributed by atoms with E-state index in [1.54, 1.807) is 30.3 Å². The number of alkyl halides is 3. The molecule has 0 fully saturated rings. The van der Waals surface area contributed by atoms with Crippen LogP contribution in [0.2, 0.25) is 0 Å². The molecule has 90 valence electrons. The van der Waals surface area contributed by atoms with E-state index in [2.05, 4.69) is 5.10 Å². The van der Waals surface area contributed by atoms with Crippen molar-refractivity contribution in [2.45, 2.75) is 12.7 Å². The van der Waals surface area contributed by atoms with E-state index in [1.165, 1.54) is 0 Å². The fourth-order valence-corrected chi connectivity index (χ4v) is 1.50. The Labute approximate surface area is 94.5 Å². The van der Waals surface area contributed by atoms with Gasteiger partial charge in [-0.3, -0.25) is 9.89 Å². The van der Waals surface area contributed by atoms with Crippen molar-refractivity contribution >= 4 is 0 Å². The Hall–Kier alpha value is -1.98. The largest absolute Gasteiger partial charge is 0.408 e. The van der Waals surface area contributed by atoms with Gasteiger partial charge in [-0.05, 0) is 5.56 Å². The van der Waals surface area contributed by atoms with Gasteiger partial charge >= 0.3 is 6.18 Å². The maximum atomic E-state index is 12.2. The summed E-state index contributed by atoms with van der Waals surface area (Å²) in [4.78, 5) is 11.3. The summed E-state index contributed by atoms with van der Waals surface area (Å²) in [6.45, 7) is -1.31. The third kappa shape index (κ3) is 2.77. The lowest BCUT2D eigenvalue weighted by molar-refractivity contribution is -0.143. The smallest absolute Gasteiger partial charge is 0.295 e. The molecule has 3 nitrogen and oxygen atoms in total. The molecule has 0 bridgehead atoms. The van der Waals surface area contributed by atoms with E-state index < -0.39 is 18.3 Å². The first kappa shape index (κ1) is 11.5. The van der Waals surface area contributed by atoms with Gasteiger partial charge in [-0.2, -0.15) is 13.2 Å². The van der Waals surface area contributed by atoms with Crippen molar-refractivity contribution in [2.24, 2.45) is 0 Å². The van der Waals surface area contributed by atoms with Crippen LogP contribution in [0.3, 0.4) is 0 Å². The molecule has 0 aliphatic heterocycles. The van der Waals surface area contributed by atoms with E-state index in [0.29, 0.717) is 15.9 Å². The second-order valence-corrected chi connectivity index (χ2v) is 3.58. The summed E-state index contributed by atoms with van der Waals surface area (Å²) in [6, 6.07) is 9.85. The van der Waals surface area contributed by atoms with Crippen molar-refractivity contribution in [2.75, 3.05) is 0 Å². The van der Waals surface area contributed by atoms with Gasteiger partial charge in [0.15, 0.2) is 0 Å². The Morgan fingerprint density at radius 3 is 2.41 bits per heavy atom. The van der Waals surface area contributed by atoms with Crippen LogP contribution in [0.25, 0.3) is 11.3 Å². The number of aromatic nitrogens is 2. The van der Waals surface area contributed by atoms with Crippen molar-refractivity contribution < 1.29 is 13.2 Å². The van der Waals surface area contributed by atoms with Crippen molar-refractivity contribution in [3.63, 3.8) is 0 Å². The molecule has 0 saturated heterocycles. The van der Waals surface area contributed by atoms with Crippen molar-refractivity contribution in [1.29, 1.82) is 0 Å². The standard InChI is InChI=1S/C11H9F3N2O/c12-11(13,14)7-16-10(17)6-9(15-16)8-4-2-1-3-5-8/h1-6,15H,7H2. The zero-order chi connectivity index (χ0) is 12.5. The van der Waals surface area contributed by atoms with E-state index >= 15 is 0 Å². The molecule has 0 unspecified atom stereocenters. The van der Waals surface area contributed by atoms with Crippen LogP contribution in [0, 0.1) is 0 Å². The van der Waals surface area contributed by atoms with Crippen molar-refractivity contribution in [3.8, 4) is 11.3 Å². The van der Waals surface area contributed by atoms with Crippen LogP contribution < -0.4 is 5.56 Å². The molecule has 1 aromatic heterocycles. The first-order valence-corrected chi connectivity index (χ1v) is 4.88. The number of halogens is 3. The maximum Gasteiger partial charge on any atom is 0.408 e. The third-order valence-corrected chi connectivity index (χ3v) is 2.21. The number of hydrogen-bond acceptors (Lipinski definition) is 1. The topological polar surface area (TPSA) is 37.8 Å². The molecule has 1 aromatic carbocycles. The molecule has 0 atom stereocenters. The number of H-pyrrole nitrogens is 1. The van der Waals surface area contributed by atoms with Crippen LogP contribution in [0.1, 0.15) is 0 Å². The van der Waals surface area contributed by atoms with Gasteiger partial charge in [0.05, 0.1) is 5.69 Å². The number of hydrogen-bond donors (Lipinski definition) is 1. The average Bonchev–Trinajstić information content (AvgIpc) is 2.59. The molecular formula is C11H9F3N2O. The van der Waals surface area contributed by atoms with Gasteiger partial charge in [0.1, 0.15) is 6.54 Å². The molecule has 0 saturated carbocycles. The fraction of sp³-hybridized carbons (Fsp3) is 0.182. The van der Waals surface area contributed by atoms with E-state index in [1.807, 2.05) is 0 Å². The number of aromatic amines is 1. The lowest BCUT2D eigenvalue weighted by Crippen LogP contribution is -2.26. The Bertz CT molecular complexity index is 554. The predicted molar refractivity (Wildman–Crippen MR) is 56.5 cm³/mol. The molecule has 17 heavy (non-hydrogen) atoms. The molecule has 0 aliphatic rings. The number of rotatable bonds is 2. The summed E-state index contributed by atoms with van der Waals surface area (Å²) in [5.41, 5.74) is 0.353. The molecule has 1 heterocycles. The van der Waals surface area contributed by atoms with Gasteiger partial charge < -0.3 is 0 Å². The third-order valence-electron chi connectivity index (χ3n) is 2.21. The zero-order valence-corrected chi connectivity index (χ0v) is 8.66. The molecule has 0 radical (unpaired) electrons. The second-order valence-electron chi connectivity index (χ2n) is 3.58. The van der Waals surface area contributed by atoms with Crippen LogP contribution in [0.5, 0.6) is 0 Å². The summed E-state index contributed by atoms with van der Waals surface area (Å²) in [5, 5.41) is 2.44. The SMILES string of the molecule is O=c1cc(-c2ccccc2)[nH]n1CC(F)(F)F. The lowest BCUT2D eigenvalue weighted by atomic mass is 10.2. The highest BCUT2D eigenvalue weighted by Gasteiger charge is 2.29. The van der Waals surface area contributed by atoms with Gasteiger partial charge in [0.25, 0.3) is 5.56 Å². The fourth-order valence-electron chi connectivity index (χ4n) is 1.50. The minimum atomic E-state index is -4.41. The van der Waals surface area contributed by atoms with Crippen LogP contribution in [-0.2, 0) is 6.54 Å². The normalized spacial score (nSPS) is 11.7. The van der Waals surface area contributed by atoms with E-state index in [9.17, 15) is 18.0 Å². The Kier molecular flexibility index (Phi) is 2.79. The minimum absolute atomic E-state index is 0.375. The monoisotopic (exact) mass is 242 g/mol. The van der Waals surface area contributed by atoms with Crippen molar-refractivity contribution in [3.05, 3.63) is 46.8 Å². The van der Waals surface area contributed by atoms with E-state index in [-0.39, 0.29) is 0 Å². The number of nitrogens with one attached hydrogen (secondary N) is 1. The maximum absolute atomic E-state index is 12.2. The molecule has 6 heteroatoms.